The summed E-state index contributed by atoms with van der Waals surface area (Å²) in [5.74, 6) is 1.63. The van der Waals surface area contributed by atoms with Crippen molar-refractivity contribution in [1.82, 2.24) is 14.8 Å². The van der Waals surface area contributed by atoms with Crippen LogP contribution in [0.25, 0.3) is 17.1 Å². The van der Waals surface area contributed by atoms with E-state index in [1.807, 2.05) is 50.2 Å². The third-order valence-corrected chi connectivity index (χ3v) is 4.98. The molecule has 0 unspecified atom stereocenters. The van der Waals surface area contributed by atoms with Gasteiger partial charge in [-0.3, -0.25) is 4.79 Å². The predicted molar refractivity (Wildman–Crippen MR) is 129 cm³/mol. The standard InChI is InChI=1S/C25H23ClN4O3/c1-3-32-21-13-9-19(10-14-21)27-25(31)23-28-24(17-5-7-18(26)8-6-17)30(29-23)20-11-15-22(16-12-20)33-4-2/h5-16H,3-4H2,1-2H3,(H,27,31). The topological polar surface area (TPSA) is 78.3 Å². The molecule has 0 aliphatic heterocycles. The first-order valence-corrected chi connectivity index (χ1v) is 11.0. The molecule has 0 saturated carbocycles. The number of carbonyl (C=O) groups excluding carboxylic acids is 1. The summed E-state index contributed by atoms with van der Waals surface area (Å²) in [5, 5.41) is 7.94. The maximum atomic E-state index is 12.9. The van der Waals surface area contributed by atoms with E-state index < -0.39 is 5.91 Å². The molecule has 1 N–H and O–H groups in total. The lowest BCUT2D eigenvalue weighted by atomic mass is 10.2. The van der Waals surface area contributed by atoms with Crippen molar-refractivity contribution in [3.8, 4) is 28.6 Å². The van der Waals surface area contributed by atoms with E-state index in [2.05, 4.69) is 15.4 Å². The SMILES string of the molecule is CCOc1ccc(NC(=O)c2nc(-c3ccc(Cl)cc3)n(-c3ccc(OCC)cc3)n2)cc1. The number of ether oxygens (including phenoxy) is 2. The number of amides is 1. The first kappa shape index (κ1) is 22.4. The number of benzene rings is 3. The van der Waals surface area contributed by atoms with Gasteiger partial charge >= 0.3 is 0 Å². The molecule has 0 aliphatic carbocycles. The number of nitrogens with zero attached hydrogens (tertiary/aromatic N) is 3. The lowest BCUT2D eigenvalue weighted by molar-refractivity contribution is 0.101. The lowest BCUT2D eigenvalue weighted by Gasteiger charge is -2.08. The molecule has 0 atom stereocenters. The quantitative estimate of drug-likeness (QED) is 0.366. The summed E-state index contributed by atoms with van der Waals surface area (Å²) >= 11 is 6.05. The molecule has 1 aromatic heterocycles. The summed E-state index contributed by atoms with van der Waals surface area (Å²) in [4.78, 5) is 17.5. The van der Waals surface area contributed by atoms with Gasteiger partial charge < -0.3 is 14.8 Å². The van der Waals surface area contributed by atoms with Gasteiger partial charge in [0.15, 0.2) is 5.82 Å². The number of halogens is 1. The average Bonchev–Trinajstić information content (AvgIpc) is 3.27. The summed E-state index contributed by atoms with van der Waals surface area (Å²) < 4.78 is 12.6. The van der Waals surface area contributed by atoms with Gasteiger partial charge in [0.1, 0.15) is 11.5 Å². The molecule has 1 amide bonds. The van der Waals surface area contributed by atoms with Crippen molar-refractivity contribution >= 4 is 23.2 Å². The van der Waals surface area contributed by atoms with Gasteiger partial charge in [-0.05, 0) is 86.6 Å². The molecule has 0 aliphatic rings. The molecule has 0 saturated heterocycles. The molecular weight excluding hydrogens is 440 g/mol. The third kappa shape index (κ3) is 5.32. The number of hydrogen-bond donors (Lipinski definition) is 1. The molecule has 0 radical (unpaired) electrons. The molecule has 1 heterocycles. The number of carbonyl (C=O) groups is 1. The highest BCUT2D eigenvalue weighted by Crippen LogP contribution is 2.25. The Balaban J connectivity index is 1.66. The van der Waals surface area contributed by atoms with Crippen LogP contribution in [0.2, 0.25) is 5.02 Å². The maximum Gasteiger partial charge on any atom is 0.295 e. The van der Waals surface area contributed by atoms with E-state index in [4.69, 9.17) is 21.1 Å². The predicted octanol–water partition coefficient (Wildman–Crippen LogP) is 5.64. The van der Waals surface area contributed by atoms with Crippen molar-refractivity contribution in [2.24, 2.45) is 0 Å². The van der Waals surface area contributed by atoms with E-state index in [-0.39, 0.29) is 5.82 Å². The second-order valence-corrected chi connectivity index (χ2v) is 7.45. The van der Waals surface area contributed by atoms with E-state index >= 15 is 0 Å². The van der Waals surface area contributed by atoms with Gasteiger partial charge in [-0.2, -0.15) is 0 Å². The first-order valence-electron chi connectivity index (χ1n) is 10.6. The van der Waals surface area contributed by atoms with Gasteiger partial charge in [0.2, 0.25) is 5.82 Å². The van der Waals surface area contributed by atoms with Crippen LogP contribution in [0.15, 0.2) is 72.8 Å². The Labute approximate surface area is 196 Å². The van der Waals surface area contributed by atoms with Crippen LogP contribution < -0.4 is 14.8 Å². The fourth-order valence-electron chi connectivity index (χ4n) is 3.21. The Hall–Kier alpha value is -3.84. The van der Waals surface area contributed by atoms with Crippen LogP contribution >= 0.6 is 11.6 Å². The minimum absolute atomic E-state index is 0.0442. The molecule has 0 spiro atoms. The Bertz CT molecular complexity index is 1220. The first-order chi connectivity index (χ1) is 16.1. The van der Waals surface area contributed by atoms with E-state index in [9.17, 15) is 4.79 Å². The minimum atomic E-state index is -0.418. The molecular formula is C25H23ClN4O3. The summed E-state index contributed by atoms with van der Waals surface area (Å²) in [6, 6.07) is 21.8. The molecule has 0 fully saturated rings. The van der Waals surface area contributed by atoms with Crippen molar-refractivity contribution in [2.45, 2.75) is 13.8 Å². The van der Waals surface area contributed by atoms with Crippen LogP contribution in [0.3, 0.4) is 0 Å². The third-order valence-electron chi connectivity index (χ3n) is 4.73. The fourth-order valence-corrected chi connectivity index (χ4v) is 3.34. The summed E-state index contributed by atoms with van der Waals surface area (Å²) in [7, 11) is 0. The molecule has 7 nitrogen and oxygen atoms in total. The van der Waals surface area contributed by atoms with Crippen LogP contribution in [0.4, 0.5) is 5.69 Å². The largest absolute Gasteiger partial charge is 0.494 e. The Morgan fingerprint density at radius 1 is 0.879 bits per heavy atom. The van der Waals surface area contributed by atoms with Crippen molar-refractivity contribution in [2.75, 3.05) is 18.5 Å². The number of rotatable bonds is 8. The van der Waals surface area contributed by atoms with Gasteiger partial charge in [0, 0.05) is 16.3 Å². The van der Waals surface area contributed by atoms with Gasteiger partial charge in [0.25, 0.3) is 5.91 Å². The van der Waals surface area contributed by atoms with E-state index in [1.54, 1.807) is 41.1 Å². The summed E-state index contributed by atoms with van der Waals surface area (Å²) in [5.41, 5.74) is 2.14. The van der Waals surface area contributed by atoms with E-state index in [1.165, 1.54) is 0 Å². The van der Waals surface area contributed by atoms with Crippen LogP contribution in [0.1, 0.15) is 24.5 Å². The average molecular weight is 463 g/mol. The smallest absolute Gasteiger partial charge is 0.295 e. The second kappa shape index (κ2) is 10.2. The van der Waals surface area contributed by atoms with Crippen LogP contribution in [0.5, 0.6) is 11.5 Å². The number of anilines is 1. The van der Waals surface area contributed by atoms with Crippen LogP contribution in [-0.2, 0) is 0 Å². The molecule has 4 rings (SSSR count). The molecule has 33 heavy (non-hydrogen) atoms. The molecule has 3 aromatic carbocycles. The molecule has 168 valence electrons. The molecule has 0 bridgehead atoms. The van der Waals surface area contributed by atoms with Crippen LogP contribution in [-0.4, -0.2) is 33.9 Å². The Kier molecular flexibility index (Phi) is 6.90. The van der Waals surface area contributed by atoms with Crippen LogP contribution in [0, 0.1) is 0 Å². The zero-order valence-corrected chi connectivity index (χ0v) is 19.0. The number of aromatic nitrogens is 3. The van der Waals surface area contributed by atoms with Crippen molar-refractivity contribution < 1.29 is 14.3 Å². The van der Waals surface area contributed by atoms with Crippen molar-refractivity contribution in [3.05, 3.63) is 83.6 Å². The van der Waals surface area contributed by atoms with Gasteiger partial charge in [-0.15, -0.1) is 5.10 Å². The molecule has 8 heteroatoms. The van der Waals surface area contributed by atoms with Gasteiger partial charge in [-0.1, -0.05) is 11.6 Å². The highest BCUT2D eigenvalue weighted by atomic mass is 35.5. The van der Waals surface area contributed by atoms with Gasteiger partial charge in [0.05, 0.1) is 18.9 Å². The fraction of sp³-hybridized carbons (Fsp3) is 0.160. The lowest BCUT2D eigenvalue weighted by Crippen LogP contribution is -2.14. The van der Waals surface area contributed by atoms with E-state index in [0.29, 0.717) is 29.7 Å². The highest BCUT2D eigenvalue weighted by molar-refractivity contribution is 6.30. The highest BCUT2D eigenvalue weighted by Gasteiger charge is 2.19. The number of nitrogens with one attached hydrogen (secondary N) is 1. The van der Waals surface area contributed by atoms with Crippen molar-refractivity contribution in [1.29, 1.82) is 0 Å². The van der Waals surface area contributed by atoms with E-state index in [0.717, 1.165) is 22.7 Å². The maximum absolute atomic E-state index is 12.9. The second-order valence-electron chi connectivity index (χ2n) is 7.02. The zero-order chi connectivity index (χ0) is 23.2. The monoisotopic (exact) mass is 462 g/mol. The number of hydrogen-bond acceptors (Lipinski definition) is 5. The van der Waals surface area contributed by atoms with Gasteiger partial charge in [-0.25, -0.2) is 9.67 Å². The summed E-state index contributed by atoms with van der Waals surface area (Å²) in [6.45, 7) is 5.00. The molecule has 4 aromatic rings. The minimum Gasteiger partial charge on any atom is -0.494 e. The Morgan fingerprint density at radius 3 is 2.03 bits per heavy atom. The normalized spacial score (nSPS) is 10.6. The zero-order valence-electron chi connectivity index (χ0n) is 18.3. The Morgan fingerprint density at radius 2 is 1.45 bits per heavy atom. The van der Waals surface area contributed by atoms with Crippen molar-refractivity contribution in [3.63, 3.8) is 0 Å². The summed E-state index contributed by atoms with van der Waals surface area (Å²) in [6.07, 6.45) is 0.